The van der Waals surface area contributed by atoms with Gasteiger partial charge in [-0.25, -0.2) is 5.84 Å². The zero-order chi connectivity index (χ0) is 16.0. The summed E-state index contributed by atoms with van der Waals surface area (Å²) < 4.78 is 21.4. The van der Waals surface area contributed by atoms with Crippen molar-refractivity contribution in [3.8, 4) is 23.0 Å². The minimum atomic E-state index is -0.724. The lowest BCUT2D eigenvalue weighted by atomic mass is 10.1. The number of nitrogens with two attached hydrogens (primary N) is 1. The number of carbonyl (C=O) groups excluding carboxylic acids is 1. The maximum Gasteiger partial charge on any atom is 0.275 e. The van der Waals surface area contributed by atoms with Crippen molar-refractivity contribution in [3.05, 3.63) is 12.1 Å². The van der Waals surface area contributed by atoms with Gasteiger partial charge in [-0.1, -0.05) is 13.8 Å². The second-order valence-electron chi connectivity index (χ2n) is 4.65. The minimum Gasteiger partial charge on any atom is -0.493 e. The van der Waals surface area contributed by atoms with Gasteiger partial charge < -0.3 is 18.9 Å². The van der Waals surface area contributed by atoms with Gasteiger partial charge in [-0.2, -0.15) is 0 Å². The lowest BCUT2D eigenvalue weighted by Crippen LogP contribution is -2.44. The Morgan fingerprint density at radius 3 is 1.95 bits per heavy atom. The number of hydrogen-bond acceptors (Lipinski definition) is 6. The molecule has 0 bridgehead atoms. The molecule has 1 rings (SSSR count). The van der Waals surface area contributed by atoms with Crippen LogP contribution in [0, 0.1) is 5.92 Å². The highest BCUT2D eigenvalue weighted by atomic mass is 16.5. The Hall–Kier alpha value is -2.15. The van der Waals surface area contributed by atoms with Crippen LogP contribution in [0.2, 0.25) is 0 Å². The molecule has 1 amide bonds. The Morgan fingerprint density at radius 1 is 1.10 bits per heavy atom. The number of nitrogens with one attached hydrogen (secondary N) is 1. The van der Waals surface area contributed by atoms with E-state index in [0.717, 1.165) is 0 Å². The number of benzene rings is 1. The summed E-state index contributed by atoms with van der Waals surface area (Å²) in [7, 11) is 4.53. The molecule has 21 heavy (non-hydrogen) atoms. The second kappa shape index (κ2) is 7.58. The molecule has 0 spiro atoms. The molecular weight excluding hydrogens is 276 g/mol. The molecule has 0 radical (unpaired) electrons. The first-order chi connectivity index (χ1) is 9.98. The van der Waals surface area contributed by atoms with Crippen molar-refractivity contribution < 1.29 is 23.7 Å². The largest absolute Gasteiger partial charge is 0.493 e. The quantitative estimate of drug-likeness (QED) is 0.445. The molecule has 1 atom stereocenters. The van der Waals surface area contributed by atoms with Gasteiger partial charge in [-0.05, 0) is 5.92 Å². The fourth-order valence-electron chi connectivity index (χ4n) is 1.85. The number of amides is 1. The number of rotatable bonds is 7. The predicted octanol–water partition coefficient (Wildman–Crippen LogP) is 1.11. The first kappa shape index (κ1) is 16.9. The summed E-state index contributed by atoms with van der Waals surface area (Å²) in [4.78, 5) is 11.7. The summed E-state index contributed by atoms with van der Waals surface area (Å²) in [5, 5.41) is 0. The molecule has 0 aromatic heterocycles. The van der Waals surface area contributed by atoms with E-state index >= 15 is 0 Å². The van der Waals surface area contributed by atoms with Crippen LogP contribution in [0.25, 0.3) is 0 Å². The molecule has 0 aliphatic carbocycles. The lowest BCUT2D eigenvalue weighted by molar-refractivity contribution is -0.129. The van der Waals surface area contributed by atoms with Crippen molar-refractivity contribution in [2.75, 3.05) is 21.3 Å². The summed E-state index contributed by atoms with van der Waals surface area (Å²) in [6.07, 6.45) is -0.724. The molecule has 0 heterocycles. The van der Waals surface area contributed by atoms with Crippen LogP contribution >= 0.6 is 0 Å². The molecule has 0 aliphatic rings. The molecule has 0 fully saturated rings. The van der Waals surface area contributed by atoms with Crippen LogP contribution in [0.15, 0.2) is 12.1 Å². The molecule has 1 aromatic carbocycles. The lowest BCUT2D eigenvalue weighted by Gasteiger charge is -2.22. The zero-order valence-electron chi connectivity index (χ0n) is 12.9. The third kappa shape index (κ3) is 3.91. The zero-order valence-corrected chi connectivity index (χ0v) is 12.9. The van der Waals surface area contributed by atoms with E-state index in [1.54, 1.807) is 12.1 Å². The van der Waals surface area contributed by atoms with Crippen LogP contribution in [-0.4, -0.2) is 33.3 Å². The topological polar surface area (TPSA) is 92.0 Å². The average molecular weight is 298 g/mol. The van der Waals surface area contributed by atoms with Gasteiger partial charge in [0.25, 0.3) is 5.91 Å². The maximum atomic E-state index is 11.7. The fraction of sp³-hybridized carbons (Fsp3) is 0.500. The number of carbonyl (C=O) groups is 1. The number of methoxy groups -OCH3 is 3. The van der Waals surface area contributed by atoms with Crippen molar-refractivity contribution in [3.63, 3.8) is 0 Å². The van der Waals surface area contributed by atoms with Gasteiger partial charge in [0.15, 0.2) is 17.6 Å². The molecular formula is C14H22N2O5. The second-order valence-corrected chi connectivity index (χ2v) is 4.65. The van der Waals surface area contributed by atoms with E-state index in [1.807, 2.05) is 13.8 Å². The van der Waals surface area contributed by atoms with E-state index in [2.05, 4.69) is 5.43 Å². The van der Waals surface area contributed by atoms with Crippen LogP contribution in [0.1, 0.15) is 13.8 Å². The molecule has 7 heteroatoms. The molecule has 0 saturated heterocycles. The van der Waals surface area contributed by atoms with Crippen LogP contribution in [0.5, 0.6) is 23.0 Å². The van der Waals surface area contributed by atoms with Crippen LogP contribution in [-0.2, 0) is 4.79 Å². The molecule has 0 aliphatic heterocycles. The number of hydrogen-bond donors (Lipinski definition) is 2. The molecule has 1 aromatic rings. The molecule has 1 unspecified atom stereocenters. The summed E-state index contributed by atoms with van der Waals surface area (Å²) >= 11 is 0. The van der Waals surface area contributed by atoms with Crippen molar-refractivity contribution in [1.29, 1.82) is 0 Å². The van der Waals surface area contributed by atoms with Gasteiger partial charge in [-0.15, -0.1) is 0 Å². The smallest absolute Gasteiger partial charge is 0.275 e. The van der Waals surface area contributed by atoms with Crippen LogP contribution in [0.3, 0.4) is 0 Å². The number of ether oxygens (including phenoxy) is 4. The summed E-state index contributed by atoms with van der Waals surface area (Å²) in [6, 6.07) is 3.25. The SMILES string of the molecule is COc1cc(OC(C(=O)NN)C(C)C)cc(OC)c1OC. The Bertz CT molecular complexity index is 465. The van der Waals surface area contributed by atoms with Gasteiger partial charge >= 0.3 is 0 Å². The standard InChI is InChI=1S/C14H22N2O5/c1-8(2)12(14(17)16-15)21-9-6-10(18-3)13(20-5)11(7-9)19-4/h6-8,12H,15H2,1-5H3,(H,16,17). The summed E-state index contributed by atoms with van der Waals surface area (Å²) in [5.74, 6) is 6.48. The summed E-state index contributed by atoms with van der Waals surface area (Å²) in [6.45, 7) is 3.72. The highest BCUT2D eigenvalue weighted by molar-refractivity contribution is 5.80. The van der Waals surface area contributed by atoms with Gasteiger partial charge in [0.1, 0.15) is 5.75 Å². The molecule has 3 N–H and O–H groups in total. The van der Waals surface area contributed by atoms with Crippen molar-refractivity contribution in [1.82, 2.24) is 5.43 Å². The van der Waals surface area contributed by atoms with E-state index in [4.69, 9.17) is 24.8 Å². The third-order valence-electron chi connectivity index (χ3n) is 2.91. The van der Waals surface area contributed by atoms with E-state index in [-0.39, 0.29) is 5.92 Å². The van der Waals surface area contributed by atoms with Crippen molar-refractivity contribution >= 4 is 5.91 Å². The highest BCUT2D eigenvalue weighted by Gasteiger charge is 2.25. The maximum absolute atomic E-state index is 11.7. The Balaban J connectivity index is 3.15. The van der Waals surface area contributed by atoms with Gasteiger partial charge in [0, 0.05) is 12.1 Å². The van der Waals surface area contributed by atoms with E-state index in [9.17, 15) is 4.79 Å². The van der Waals surface area contributed by atoms with Gasteiger partial charge in [0.2, 0.25) is 5.75 Å². The van der Waals surface area contributed by atoms with Crippen molar-refractivity contribution in [2.45, 2.75) is 20.0 Å². The third-order valence-corrected chi connectivity index (χ3v) is 2.91. The Kier molecular flexibility index (Phi) is 6.10. The minimum absolute atomic E-state index is 0.0624. The summed E-state index contributed by atoms with van der Waals surface area (Å²) in [5.41, 5.74) is 2.10. The molecule has 0 saturated carbocycles. The fourth-order valence-corrected chi connectivity index (χ4v) is 1.85. The van der Waals surface area contributed by atoms with Crippen LogP contribution < -0.4 is 30.2 Å². The highest BCUT2D eigenvalue weighted by Crippen LogP contribution is 2.41. The Morgan fingerprint density at radius 2 is 1.62 bits per heavy atom. The normalized spacial score (nSPS) is 11.8. The Labute approximate surface area is 124 Å². The number of hydrazine groups is 1. The van der Waals surface area contributed by atoms with Crippen LogP contribution in [0.4, 0.5) is 0 Å². The first-order valence-electron chi connectivity index (χ1n) is 6.45. The monoisotopic (exact) mass is 298 g/mol. The van der Waals surface area contributed by atoms with E-state index < -0.39 is 12.0 Å². The van der Waals surface area contributed by atoms with Crippen molar-refractivity contribution in [2.24, 2.45) is 11.8 Å². The first-order valence-corrected chi connectivity index (χ1v) is 6.45. The van der Waals surface area contributed by atoms with E-state index in [1.165, 1.54) is 21.3 Å². The van der Waals surface area contributed by atoms with E-state index in [0.29, 0.717) is 23.0 Å². The average Bonchev–Trinajstić information content (AvgIpc) is 2.50. The molecule has 118 valence electrons. The molecule has 7 nitrogen and oxygen atoms in total. The van der Waals surface area contributed by atoms with Gasteiger partial charge in [-0.3, -0.25) is 10.2 Å². The van der Waals surface area contributed by atoms with Gasteiger partial charge in [0.05, 0.1) is 21.3 Å². The predicted molar refractivity (Wildman–Crippen MR) is 77.7 cm³/mol.